The van der Waals surface area contributed by atoms with Crippen LogP contribution < -0.4 is 5.32 Å². The average molecular weight is 143 g/mol. The van der Waals surface area contributed by atoms with Crippen molar-refractivity contribution >= 4 is 0 Å². The molecule has 0 radical (unpaired) electrons. The van der Waals surface area contributed by atoms with Crippen LogP contribution in [0.4, 0.5) is 0 Å². The summed E-state index contributed by atoms with van der Waals surface area (Å²) in [4.78, 5) is 0. The molecule has 2 unspecified atom stereocenters. The Labute approximate surface area is 60.1 Å². The molecule has 0 bridgehead atoms. The van der Waals surface area contributed by atoms with Crippen molar-refractivity contribution in [3.8, 4) is 0 Å². The predicted molar refractivity (Wildman–Crippen MR) is 36.5 cm³/mol. The van der Waals surface area contributed by atoms with Gasteiger partial charge in [-0.3, -0.25) is 0 Å². The lowest BCUT2D eigenvalue weighted by Gasteiger charge is -2.25. The Kier molecular flexibility index (Phi) is 1.02. The van der Waals surface area contributed by atoms with Crippen LogP contribution >= 0.6 is 0 Å². The highest BCUT2D eigenvalue weighted by Gasteiger charge is 2.66. The third kappa shape index (κ3) is 0.557. The summed E-state index contributed by atoms with van der Waals surface area (Å²) in [5.41, 5.74) is -0.704. The van der Waals surface area contributed by atoms with Gasteiger partial charge >= 0.3 is 0 Å². The van der Waals surface area contributed by atoms with E-state index >= 15 is 0 Å². The zero-order chi connectivity index (χ0) is 7.52. The van der Waals surface area contributed by atoms with Crippen LogP contribution in [0.5, 0.6) is 0 Å². The maximum atomic E-state index is 9.72. The first kappa shape index (κ1) is 6.58. The Morgan fingerprint density at radius 1 is 1.50 bits per heavy atom. The van der Waals surface area contributed by atoms with E-state index in [1.165, 1.54) is 0 Å². The number of aliphatic hydroxyl groups excluding tert-OH is 1. The lowest BCUT2D eigenvalue weighted by atomic mass is 9.95. The quantitative estimate of drug-likeness (QED) is 0.411. The van der Waals surface area contributed by atoms with Gasteiger partial charge in [0.15, 0.2) is 0 Å². The summed E-state index contributed by atoms with van der Waals surface area (Å²) in [6.07, 6.45) is -0.314. The molecule has 2 rings (SSSR count). The average Bonchev–Trinajstić information content (AvgIpc) is 2.34. The maximum absolute atomic E-state index is 9.72. The van der Waals surface area contributed by atoms with Gasteiger partial charge in [0.05, 0.1) is 11.7 Å². The molecule has 3 heteroatoms. The molecule has 1 aliphatic heterocycles. The van der Waals surface area contributed by atoms with Crippen molar-refractivity contribution in [1.29, 1.82) is 0 Å². The van der Waals surface area contributed by atoms with Crippen molar-refractivity contribution in [2.45, 2.75) is 37.6 Å². The summed E-state index contributed by atoms with van der Waals surface area (Å²) >= 11 is 0. The molecule has 3 nitrogen and oxygen atoms in total. The normalized spacial score (nSPS) is 66.0. The summed E-state index contributed by atoms with van der Waals surface area (Å²) in [5, 5.41) is 22.0. The highest BCUT2D eigenvalue weighted by atomic mass is 16.3. The number of fused-ring (bicyclic) bond motifs is 1. The summed E-state index contributed by atoms with van der Waals surface area (Å²) in [6, 6.07) is 0.274. The summed E-state index contributed by atoms with van der Waals surface area (Å²) < 4.78 is 0. The second kappa shape index (κ2) is 1.55. The Morgan fingerprint density at radius 2 is 2.10 bits per heavy atom. The largest absolute Gasteiger partial charge is 0.391 e. The van der Waals surface area contributed by atoms with Crippen molar-refractivity contribution in [3.63, 3.8) is 0 Å². The van der Waals surface area contributed by atoms with Gasteiger partial charge in [0, 0.05) is 18.0 Å². The fraction of sp³-hybridized carbons (Fsp3) is 1.00. The van der Waals surface area contributed by atoms with E-state index in [0.717, 1.165) is 0 Å². The molecule has 0 aromatic rings. The van der Waals surface area contributed by atoms with Gasteiger partial charge in [0.2, 0.25) is 0 Å². The molecule has 0 aromatic heterocycles. The number of hydrogen-bond donors (Lipinski definition) is 3. The fourth-order valence-electron chi connectivity index (χ4n) is 1.95. The van der Waals surface area contributed by atoms with Gasteiger partial charge in [-0.15, -0.1) is 0 Å². The van der Waals surface area contributed by atoms with Crippen LogP contribution in [0.1, 0.15) is 13.8 Å². The molecule has 0 spiro atoms. The first-order valence-electron chi connectivity index (χ1n) is 3.71. The van der Waals surface area contributed by atoms with Crippen molar-refractivity contribution in [2.24, 2.45) is 5.92 Å². The van der Waals surface area contributed by atoms with E-state index in [-0.39, 0.29) is 24.1 Å². The van der Waals surface area contributed by atoms with Gasteiger partial charge in [0.1, 0.15) is 0 Å². The van der Waals surface area contributed by atoms with Crippen molar-refractivity contribution in [1.82, 2.24) is 5.32 Å². The minimum Gasteiger partial charge on any atom is -0.391 e. The van der Waals surface area contributed by atoms with Gasteiger partial charge in [-0.2, -0.15) is 0 Å². The zero-order valence-corrected chi connectivity index (χ0v) is 6.20. The molecule has 58 valence electrons. The zero-order valence-electron chi connectivity index (χ0n) is 6.20. The Hall–Kier alpha value is -0.120. The molecule has 1 heterocycles. The number of piperidine rings is 1. The van der Waals surface area contributed by atoms with Gasteiger partial charge in [-0.05, 0) is 13.8 Å². The molecule has 0 amide bonds. The SMILES string of the molecule is C[C@@H]1N[C@@H]2C(O)C2[C@@]1(C)O. The van der Waals surface area contributed by atoms with Crippen LogP contribution in [-0.4, -0.2) is 34.0 Å². The maximum Gasteiger partial charge on any atom is 0.0838 e. The third-order valence-corrected chi connectivity index (χ3v) is 2.98. The van der Waals surface area contributed by atoms with Crippen LogP contribution in [-0.2, 0) is 0 Å². The number of aliphatic hydroxyl groups is 2. The topological polar surface area (TPSA) is 52.5 Å². The molecule has 1 saturated carbocycles. The number of rotatable bonds is 0. The fourth-order valence-corrected chi connectivity index (χ4v) is 1.95. The van der Waals surface area contributed by atoms with E-state index < -0.39 is 5.60 Å². The first-order valence-corrected chi connectivity index (χ1v) is 3.71. The van der Waals surface area contributed by atoms with E-state index in [9.17, 15) is 10.2 Å². The second-order valence-electron chi connectivity index (χ2n) is 3.66. The van der Waals surface area contributed by atoms with Crippen molar-refractivity contribution in [3.05, 3.63) is 0 Å². The lowest BCUT2D eigenvalue weighted by molar-refractivity contribution is 0.00594. The molecule has 10 heavy (non-hydrogen) atoms. The van der Waals surface area contributed by atoms with Crippen LogP contribution in [0, 0.1) is 5.92 Å². The summed E-state index contributed by atoms with van der Waals surface area (Å²) in [6.45, 7) is 3.73. The molecule has 1 aliphatic carbocycles. The molecular weight excluding hydrogens is 130 g/mol. The van der Waals surface area contributed by atoms with Crippen LogP contribution in [0.3, 0.4) is 0 Å². The molecule has 0 aromatic carbocycles. The summed E-state index contributed by atoms with van der Waals surface area (Å²) in [5.74, 6) is 0.0718. The molecule has 3 N–H and O–H groups in total. The Balaban J connectivity index is 2.19. The van der Waals surface area contributed by atoms with E-state index in [1.54, 1.807) is 6.92 Å². The standard InChI is InChI=1S/C7H13NO2/c1-3-7(2,10)4-5(8-3)6(4)9/h3-6,8-10H,1-2H3/t3-,4?,5-,6?,7-/m0/s1. The smallest absolute Gasteiger partial charge is 0.0838 e. The number of hydrogen-bond acceptors (Lipinski definition) is 3. The highest BCUT2D eigenvalue weighted by Crippen LogP contribution is 2.47. The van der Waals surface area contributed by atoms with Gasteiger partial charge < -0.3 is 15.5 Å². The first-order chi connectivity index (χ1) is 4.55. The third-order valence-electron chi connectivity index (χ3n) is 2.98. The van der Waals surface area contributed by atoms with Gasteiger partial charge in [-0.25, -0.2) is 0 Å². The predicted octanol–water partition coefficient (Wildman–Crippen LogP) is -0.912. The molecule has 5 atom stereocenters. The molecular formula is C7H13NO2. The van der Waals surface area contributed by atoms with Crippen LogP contribution in [0.15, 0.2) is 0 Å². The van der Waals surface area contributed by atoms with E-state index in [0.29, 0.717) is 0 Å². The highest BCUT2D eigenvalue weighted by molar-refractivity contribution is 5.21. The minimum atomic E-state index is -0.704. The number of nitrogens with one attached hydrogen (secondary N) is 1. The van der Waals surface area contributed by atoms with Crippen molar-refractivity contribution in [2.75, 3.05) is 0 Å². The van der Waals surface area contributed by atoms with E-state index in [1.807, 2.05) is 6.92 Å². The van der Waals surface area contributed by atoms with E-state index in [4.69, 9.17) is 0 Å². The monoisotopic (exact) mass is 143 g/mol. The molecule has 2 aliphatic rings. The van der Waals surface area contributed by atoms with Gasteiger partial charge in [-0.1, -0.05) is 0 Å². The van der Waals surface area contributed by atoms with Crippen LogP contribution in [0.25, 0.3) is 0 Å². The molecule has 1 saturated heterocycles. The van der Waals surface area contributed by atoms with Gasteiger partial charge in [0.25, 0.3) is 0 Å². The Bertz CT molecular complexity index is 169. The lowest BCUT2D eigenvalue weighted by Crippen LogP contribution is -2.44. The minimum absolute atomic E-state index is 0.0718. The summed E-state index contributed by atoms with van der Waals surface area (Å²) in [7, 11) is 0. The van der Waals surface area contributed by atoms with E-state index in [2.05, 4.69) is 5.32 Å². The molecule has 2 fully saturated rings. The second-order valence-corrected chi connectivity index (χ2v) is 3.66. The Morgan fingerprint density at radius 3 is 2.40 bits per heavy atom. The van der Waals surface area contributed by atoms with Crippen LogP contribution in [0.2, 0.25) is 0 Å². The van der Waals surface area contributed by atoms with Crippen molar-refractivity contribution < 1.29 is 10.2 Å².